The van der Waals surface area contributed by atoms with E-state index in [1.807, 2.05) is 6.07 Å². The predicted molar refractivity (Wildman–Crippen MR) is 79.1 cm³/mol. The molecule has 0 bridgehead atoms. The van der Waals surface area contributed by atoms with Gasteiger partial charge < -0.3 is 5.32 Å². The monoisotopic (exact) mass is 353 g/mol. The molecule has 1 fully saturated rings. The van der Waals surface area contributed by atoms with Crippen LogP contribution in [0.3, 0.4) is 0 Å². The topological polar surface area (TPSA) is 88.2 Å². The van der Waals surface area contributed by atoms with Crippen LogP contribution < -0.4 is 10.6 Å². The Hall–Kier alpha value is -1.76. The average Bonchev–Trinajstić information content (AvgIpc) is 2.37. The van der Waals surface area contributed by atoms with Crippen molar-refractivity contribution in [2.75, 3.05) is 6.54 Å². The van der Waals surface area contributed by atoms with Gasteiger partial charge in [0.15, 0.2) is 0 Å². The first-order valence-electron chi connectivity index (χ1n) is 6.71. The maximum Gasteiger partial charge on any atom is 0.226 e. The number of carbonyl (C=O) groups is 3. The number of halogens is 1. The van der Waals surface area contributed by atoms with E-state index in [1.54, 1.807) is 12.4 Å². The molecule has 3 amide bonds. The van der Waals surface area contributed by atoms with Gasteiger partial charge in [-0.15, -0.1) is 0 Å². The molecule has 1 aromatic rings. The van der Waals surface area contributed by atoms with Crippen molar-refractivity contribution in [2.45, 2.75) is 25.7 Å². The molecule has 0 atom stereocenters. The second kappa shape index (κ2) is 7.31. The van der Waals surface area contributed by atoms with Crippen molar-refractivity contribution < 1.29 is 14.4 Å². The summed E-state index contributed by atoms with van der Waals surface area (Å²) in [6.07, 6.45) is 4.80. The van der Waals surface area contributed by atoms with Crippen molar-refractivity contribution in [1.82, 2.24) is 15.6 Å². The first-order valence-corrected chi connectivity index (χ1v) is 7.51. The van der Waals surface area contributed by atoms with E-state index in [2.05, 4.69) is 31.5 Å². The van der Waals surface area contributed by atoms with Crippen LogP contribution in [0.5, 0.6) is 0 Å². The molecule has 1 aliphatic rings. The van der Waals surface area contributed by atoms with Gasteiger partial charge in [0.25, 0.3) is 0 Å². The number of amides is 3. The highest BCUT2D eigenvalue weighted by Gasteiger charge is 2.26. The van der Waals surface area contributed by atoms with Gasteiger partial charge in [-0.1, -0.05) is 0 Å². The van der Waals surface area contributed by atoms with Crippen LogP contribution in [0.4, 0.5) is 0 Å². The van der Waals surface area contributed by atoms with Crippen molar-refractivity contribution in [1.29, 1.82) is 0 Å². The molecule has 1 aliphatic heterocycles. The quantitative estimate of drug-likeness (QED) is 0.771. The van der Waals surface area contributed by atoms with E-state index < -0.39 is 0 Å². The summed E-state index contributed by atoms with van der Waals surface area (Å²) in [6, 6.07) is 1.95. The summed E-state index contributed by atoms with van der Waals surface area (Å²) in [7, 11) is 0. The van der Waals surface area contributed by atoms with Crippen LogP contribution in [0, 0.1) is 5.92 Å². The minimum absolute atomic E-state index is 0.134. The first-order chi connectivity index (χ1) is 10.0. The van der Waals surface area contributed by atoms with Crippen LogP contribution >= 0.6 is 15.9 Å². The second-order valence-electron chi connectivity index (χ2n) is 5.06. The molecule has 7 heteroatoms. The van der Waals surface area contributed by atoms with E-state index in [4.69, 9.17) is 0 Å². The lowest BCUT2D eigenvalue weighted by Crippen LogP contribution is -2.40. The highest BCUT2D eigenvalue weighted by molar-refractivity contribution is 9.10. The Balaban J connectivity index is 1.72. The number of rotatable bonds is 5. The Morgan fingerprint density at radius 1 is 1.33 bits per heavy atom. The molecule has 2 heterocycles. The SMILES string of the molecule is O=C(CC1CC(=O)NC(=O)C1)NCCc1cncc(Br)c1. The molecule has 1 aromatic heterocycles. The van der Waals surface area contributed by atoms with E-state index in [9.17, 15) is 14.4 Å². The number of imide groups is 1. The summed E-state index contributed by atoms with van der Waals surface area (Å²) in [4.78, 5) is 38.3. The van der Waals surface area contributed by atoms with E-state index >= 15 is 0 Å². The lowest BCUT2D eigenvalue weighted by Gasteiger charge is -2.20. The van der Waals surface area contributed by atoms with Gasteiger partial charge in [0.2, 0.25) is 17.7 Å². The molecule has 2 rings (SSSR count). The third-order valence-corrected chi connectivity index (χ3v) is 3.63. The van der Waals surface area contributed by atoms with E-state index in [-0.39, 0.29) is 42.9 Å². The molecule has 0 radical (unpaired) electrons. The van der Waals surface area contributed by atoms with Gasteiger partial charge in [0.1, 0.15) is 0 Å². The zero-order valence-electron chi connectivity index (χ0n) is 11.4. The largest absolute Gasteiger partial charge is 0.356 e. The Bertz CT molecular complexity index is 546. The Kier molecular flexibility index (Phi) is 5.44. The van der Waals surface area contributed by atoms with E-state index in [0.29, 0.717) is 13.0 Å². The molecule has 0 aromatic carbocycles. The smallest absolute Gasteiger partial charge is 0.226 e. The summed E-state index contributed by atoms with van der Waals surface area (Å²) in [5.41, 5.74) is 1.02. The van der Waals surface area contributed by atoms with Gasteiger partial charge >= 0.3 is 0 Å². The fraction of sp³-hybridized carbons (Fsp3) is 0.429. The fourth-order valence-electron chi connectivity index (χ4n) is 2.27. The normalized spacial score (nSPS) is 15.7. The molecule has 21 heavy (non-hydrogen) atoms. The number of pyridine rings is 1. The van der Waals surface area contributed by atoms with Gasteiger partial charge in [0, 0.05) is 42.7 Å². The number of piperidine rings is 1. The standard InChI is InChI=1S/C14H16BrN3O3/c15-11-3-9(7-16-8-11)1-2-17-12(19)4-10-5-13(20)18-14(21)6-10/h3,7-8,10H,1-2,4-6H2,(H,17,19)(H,18,20,21). The van der Waals surface area contributed by atoms with Crippen molar-refractivity contribution >= 4 is 33.7 Å². The predicted octanol–water partition coefficient (Wildman–Crippen LogP) is 0.946. The van der Waals surface area contributed by atoms with Crippen molar-refractivity contribution in [3.8, 4) is 0 Å². The molecule has 0 unspecified atom stereocenters. The number of carbonyl (C=O) groups excluding carboxylic acids is 3. The maximum absolute atomic E-state index is 11.8. The highest BCUT2D eigenvalue weighted by atomic mass is 79.9. The molecule has 0 spiro atoms. The molecular formula is C14H16BrN3O3. The van der Waals surface area contributed by atoms with Crippen LogP contribution in [0.1, 0.15) is 24.8 Å². The highest BCUT2D eigenvalue weighted by Crippen LogP contribution is 2.17. The average molecular weight is 354 g/mol. The molecule has 6 nitrogen and oxygen atoms in total. The maximum atomic E-state index is 11.8. The van der Waals surface area contributed by atoms with Crippen molar-refractivity contribution in [2.24, 2.45) is 5.92 Å². The van der Waals surface area contributed by atoms with E-state index in [1.165, 1.54) is 0 Å². The Morgan fingerprint density at radius 2 is 2.05 bits per heavy atom. The number of aromatic nitrogens is 1. The zero-order valence-corrected chi connectivity index (χ0v) is 13.0. The summed E-state index contributed by atoms with van der Waals surface area (Å²) in [6.45, 7) is 0.504. The molecule has 2 N–H and O–H groups in total. The summed E-state index contributed by atoms with van der Waals surface area (Å²) in [5, 5.41) is 5.03. The molecule has 0 saturated carbocycles. The van der Waals surface area contributed by atoms with Gasteiger partial charge in [-0.05, 0) is 39.9 Å². The molecule has 1 saturated heterocycles. The van der Waals surface area contributed by atoms with Crippen molar-refractivity contribution in [3.05, 3.63) is 28.5 Å². The Morgan fingerprint density at radius 3 is 2.71 bits per heavy atom. The van der Waals surface area contributed by atoms with Crippen LogP contribution in [-0.4, -0.2) is 29.3 Å². The second-order valence-corrected chi connectivity index (χ2v) is 5.98. The molecule has 112 valence electrons. The zero-order chi connectivity index (χ0) is 15.2. The number of nitrogens with zero attached hydrogens (tertiary/aromatic N) is 1. The van der Waals surface area contributed by atoms with Crippen LogP contribution in [0.2, 0.25) is 0 Å². The molecular weight excluding hydrogens is 338 g/mol. The third-order valence-electron chi connectivity index (χ3n) is 3.20. The third kappa shape index (κ3) is 5.26. The summed E-state index contributed by atoms with van der Waals surface area (Å²) < 4.78 is 0.901. The fourth-order valence-corrected chi connectivity index (χ4v) is 2.68. The van der Waals surface area contributed by atoms with Crippen LogP contribution in [-0.2, 0) is 20.8 Å². The summed E-state index contributed by atoms with van der Waals surface area (Å²) >= 11 is 3.34. The molecule has 0 aliphatic carbocycles. The number of hydrogen-bond acceptors (Lipinski definition) is 4. The lowest BCUT2D eigenvalue weighted by molar-refractivity contribution is -0.135. The van der Waals surface area contributed by atoms with Gasteiger partial charge in [-0.25, -0.2) is 0 Å². The first kappa shape index (κ1) is 15.6. The minimum atomic E-state index is -0.302. The van der Waals surface area contributed by atoms with E-state index in [0.717, 1.165) is 10.0 Å². The Labute approximate surface area is 130 Å². The van der Waals surface area contributed by atoms with Crippen molar-refractivity contribution in [3.63, 3.8) is 0 Å². The van der Waals surface area contributed by atoms with Crippen LogP contribution in [0.15, 0.2) is 22.9 Å². The van der Waals surface area contributed by atoms with Gasteiger partial charge in [-0.2, -0.15) is 0 Å². The summed E-state index contributed by atoms with van der Waals surface area (Å²) in [5.74, 6) is -0.933. The lowest BCUT2D eigenvalue weighted by atomic mass is 9.93. The van der Waals surface area contributed by atoms with Gasteiger partial charge in [-0.3, -0.25) is 24.7 Å². The minimum Gasteiger partial charge on any atom is -0.356 e. The number of hydrogen-bond donors (Lipinski definition) is 2. The number of nitrogens with one attached hydrogen (secondary N) is 2. The van der Waals surface area contributed by atoms with Gasteiger partial charge in [0.05, 0.1) is 0 Å². The van der Waals surface area contributed by atoms with Crippen LogP contribution in [0.25, 0.3) is 0 Å².